The highest BCUT2D eigenvalue weighted by atomic mass is 35.5. The van der Waals surface area contributed by atoms with Gasteiger partial charge in [-0.15, -0.1) is 0 Å². The van der Waals surface area contributed by atoms with Crippen LogP contribution in [-0.4, -0.2) is 45.9 Å². The normalized spacial score (nSPS) is 17.6. The minimum atomic E-state index is -4.49. The molecule has 0 spiro atoms. The highest BCUT2D eigenvalue weighted by Gasteiger charge is 2.31. The monoisotopic (exact) mass is 535 g/mol. The topological polar surface area (TPSA) is 87.2 Å². The molecule has 198 valence electrons. The van der Waals surface area contributed by atoms with Crippen molar-refractivity contribution in [3.63, 3.8) is 0 Å². The molecule has 0 radical (unpaired) electrons. The fourth-order valence-electron chi connectivity index (χ4n) is 4.54. The molecule has 1 fully saturated rings. The first-order valence-corrected chi connectivity index (χ1v) is 12.7. The highest BCUT2D eigenvalue weighted by Crippen LogP contribution is 2.31. The number of nitrogens with one attached hydrogen (secondary N) is 2. The van der Waals surface area contributed by atoms with E-state index in [1.165, 1.54) is 11.3 Å². The molecule has 2 aromatic heterocycles. The average Bonchev–Trinajstić information content (AvgIpc) is 2.88. The first kappa shape index (κ1) is 26.9. The minimum Gasteiger partial charge on any atom is -0.353 e. The van der Waals surface area contributed by atoms with Crippen LogP contribution in [0.1, 0.15) is 68.2 Å². The number of pyridine rings is 2. The van der Waals surface area contributed by atoms with Crippen LogP contribution in [0.5, 0.6) is 0 Å². The second-order valence-electron chi connectivity index (χ2n) is 9.45. The fraction of sp³-hybridized carbons (Fsp3) is 0.462. The zero-order valence-electron chi connectivity index (χ0n) is 20.4. The third-order valence-corrected chi connectivity index (χ3v) is 7.12. The lowest BCUT2D eigenvalue weighted by Gasteiger charge is -2.27. The molecule has 4 rings (SSSR count). The van der Waals surface area contributed by atoms with E-state index in [2.05, 4.69) is 20.6 Å². The molecule has 2 N–H and O–H groups in total. The Morgan fingerprint density at radius 1 is 1.14 bits per heavy atom. The molecule has 1 aliphatic heterocycles. The van der Waals surface area contributed by atoms with Crippen LogP contribution in [0.25, 0.3) is 5.57 Å². The Hall–Kier alpha value is -3.14. The van der Waals surface area contributed by atoms with E-state index in [1.807, 2.05) is 13.0 Å². The summed E-state index contributed by atoms with van der Waals surface area (Å²) in [7, 11) is 0. The van der Waals surface area contributed by atoms with Crippen molar-refractivity contribution < 1.29 is 22.8 Å². The Labute approximate surface area is 218 Å². The molecule has 3 amide bonds. The van der Waals surface area contributed by atoms with Gasteiger partial charge in [-0.2, -0.15) is 13.2 Å². The number of urea groups is 1. The SMILES string of the molecule is CC(C(=O)NC1CCCCC1)c1cnc(C2=CCN(C(=O)Nc3ccc(C(F)(F)F)cn3)CC2)c(Cl)c1. The number of amides is 3. The van der Waals surface area contributed by atoms with E-state index in [4.69, 9.17) is 11.6 Å². The second-order valence-corrected chi connectivity index (χ2v) is 9.86. The van der Waals surface area contributed by atoms with E-state index >= 15 is 0 Å². The summed E-state index contributed by atoms with van der Waals surface area (Å²) in [6.45, 7) is 2.49. The van der Waals surface area contributed by atoms with Crippen LogP contribution in [0.15, 0.2) is 36.7 Å². The summed E-state index contributed by atoms with van der Waals surface area (Å²) >= 11 is 6.54. The van der Waals surface area contributed by atoms with Crippen molar-refractivity contribution in [3.05, 3.63) is 58.5 Å². The van der Waals surface area contributed by atoms with Gasteiger partial charge in [0.05, 0.1) is 22.2 Å². The van der Waals surface area contributed by atoms with Crippen molar-refractivity contribution in [1.82, 2.24) is 20.2 Å². The zero-order valence-corrected chi connectivity index (χ0v) is 21.2. The molecule has 0 bridgehead atoms. The summed E-state index contributed by atoms with van der Waals surface area (Å²) in [5.41, 5.74) is 1.34. The molecule has 0 aromatic carbocycles. The van der Waals surface area contributed by atoms with Gasteiger partial charge in [0.25, 0.3) is 0 Å². The number of alkyl halides is 3. The van der Waals surface area contributed by atoms with Gasteiger partial charge in [-0.05, 0) is 55.5 Å². The third kappa shape index (κ3) is 6.80. The quantitative estimate of drug-likeness (QED) is 0.490. The van der Waals surface area contributed by atoms with E-state index in [-0.39, 0.29) is 30.2 Å². The predicted octanol–water partition coefficient (Wildman–Crippen LogP) is 6.02. The van der Waals surface area contributed by atoms with Gasteiger partial charge in [0.1, 0.15) is 5.82 Å². The number of aromatic nitrogens is 2. The Morgan fingerprint density at radius 2 is 1.89 bits per heavy atom. The van der Waals surface area contributed by atoms with Gasteiger partial charge in [-0.3, -0.25) is 15.1 Å². The number of anilines is 1. The molecule has 0 saturated heterocycles. The largest absolute Gasteiger partial charge is 0.417 e. The van der Waals surface area contributed by atoms with Crippen molar-refractivity contribution in [3.8, 4) is 0 Å². The lowest BCUT2D eigenvalue weighted by atomic mass is 9.94. The number of carbonyl (C=O) groups excluding carboxylic acids is 2. The molecule has 1 atom stereocenters. The smallest absolute Gasteiger partial charge is 0.353 e. The van der Waals surface area contributed by atoms with E-state index in [9.17, 15) is 22.8 Å². The van der Waals surface area contributed by atoms with Crippen molar-refractivity contribution in [2.75, 3.05) is 18.4 Å². The maximum atomic E-state index is 12.7. The van der Waals surface area contributed by atoms with E-state index in [0.29, 0.717) is 29.9 Å². The number of halogens is 4. The van der Waals surface area contributed by atoms with Crippen LogP contribution < -0.4 is 10.6 Å². The predicted molar refractivity (Wildman–Crippen MR) is 135 cm³/mol. The van der Waals surface area contributed by atoms with E-state index in [1.54, 1.807) is 12.3 Å². The number of hydrogen-bond acceptors (Lipinski definition) is 4. The summed E-state index contributed by atoms with van der Waals surface area (Å²) < 4.78 is 38.1. The summed E-state index contributed by atoms with van der Waals surface area (Å²) in [4.78, 5) is 34.9. The van der Waals surface area contributed by atoms with Crippen molar-refractivity contribution in [2.45, 2.75) is 63.6 Å². The number of hydrogen-bond donors (Lipinski definition) is 2. The standard InChI is InChI=1S/C26H29ClF3N5O2/c1-16(24(36)33-20-5-3-2-4-6-20)18-13-21(27)23(32-14-18)17-9-11-35(12-10-17)25(37)34-22-8-7-19(15-31-22)26(28,29)30/h7-9,13-16,20H,2-6,10-12H2,1H3,(H,33,36)(H,31,34,37). The van der Waals surface area contributed by atoms with Gasteiger partial charge < -0.3 is 10.2 Å². The fourth-order valence-corrected chi connectivity index (χ4v) is 4.84. The van der Waals surface area contributed by atoms with Crippen LogP contribution in [0.3, 0.4) is 0 Å². The Balaban J connectivity index is 1.34. The molecule has 2 aromatic rings. The average molecular weight is 536 g/mol. The van der Waals surface area contributed by atoms with Crippen LogP contribution in [0.2, 0.25) is 5.02 Å². The molecule has 2 aliphatic rings. The Morgan fingerprint density at radius 3 is 2.49 bits per heavy atom. The maximum absolute atomic E-state index is 12.7. The van der Waals surface area contributed by atoms with Gasteiger partial charge in [0.2, 0.25) is 5.91 Å². The first-order valence-electron chi connectivity index (χ1n) is 12.4. The molecule has 11 heteroatoms. The van der Waals surface area contributed by atoms with Crippen LogP contribution in [0, 0.1) is 0 Å². The first-order chi connectivity index (χ1) is 17.6. The van der Waals surface area contributed by atoms with Crippen LogP contribution in [-0.2, 0) is 11.0 Å². The van der Waals surface area contributed by atoms with Gasteiger partial charge in [0, 0.05) is 31.5 Å². The Bertz CT molecular complexity index is 1160. The summed E-state index contributed by atoms with van der Waals surface area (Å²) in [5, 5.41) is 6.09. The molecule has 37 heavy (non-hydrogen) atoms. The summed E-state index contributed by atoms with van der Waals surface area (Å²) in [5.74, 6) is -0.368. The molecule has 3 heterocycles. The van der Waals surface area contributed by atoms with Crippen LogP contribution in [0.4, 0.5) is 23.8 Å². The number of carbonyl (C=O) groups is 2. The van der Waals surface area contributed by atoms with Gasteiger partial charge in [0.15, 0.2) is 0 Å². The molecule has 1 aliphatic carbocycles. The highest BCUT2D eigenvalue weighted by molar-refractivity contribution is 6.32. The maximum Gasteiger partial charge on any atom is 0.417 e. The molecule has 1 unspecified atom stereocenters. The van der Waals surface area contributed by atoms with Crippen molar-refractivity contribution in [1.29, 1.82) is 0 Å². The minimum absolute atomic E-state index is 0.0291. The number of nitrogens with zero attached hydrogens (tertiary/aromatic N) is 3. The second kappa shape index (κ2) is 11.5. The zero-order chi connectivity index (χ0) is 26.6. The summed E-state index contributed by atoms with van der Waals surface area (Å²) in [6.07, 6.45) is 5.73. The Kier molecular flexibility index (Phi) is 8.36. The molecule has 1 saturated carbocycles. The van der Waals surface area contributed by atoms with Crippen molar-refractivity contribution in [2.24, 2.45) is 0 Å². The van der Waals surface area contributed by atoms with Gasteiger partial charge in [-0.25, -0.2) is 9.78 Å². The molecule has 7 nitrogen and oxygen atoms in total. The number of rotatable bonds is 5. The third-order valence-electron chi connectivity index (χ3n) is 6.83. The van der Waals surface area contributed by atoms with Gasteiger partial charge >= 0.3 is 12.2 Å². The van der Waals surface area contributed by atoms with Crippen molar-refractivity contribution >= 4 is 34.9 Å². The molecular weight excluding hydrogens is 507 g/mol. The van der Waals surface area contributed by atoms with E-state index in [0.717, 1.165) is 49.0 Å². The lowest BCUT2D eigenvalue weighted by Crippen LogP contribution is -2.38. The van der Waals surface area contributed by atoms with Gasteiger partial charge in [-0.1, -0.05) is 36.9 Å². The van der Waals surface area contributed by atoms with E-state index < -0.39 is 17.8 Å². The lowest BCUT2D eigenvalue weighted by molar-refractivity contribution is -0.137. The molecular formula is C26H29ClF3N5O2. The van der Waals surface area contributed by atoms with Crippen LogP contribution >= 0.6 is 11.6 Å². The summed E-state index contributed by atoms with van der Waals surface area (Å²) in [6, 6.07) is 3.52.